The van der Waals surface area contributed by atoms with E-state index in [1.807, 2.05) is 0 Å². The molecule has 0 aliphatic heterocycles. The smallest absolute Gasteiger partial charge is 0.390 e. The molecule has 0 unspecified atom stereocenters. The maximum absolute atomic E-state index is 14.3. The van der Waals surface area contributed by atoms with Crippen LogP contribution in [0.4, 0.5) is 30.7 Å². The molecule has 1 fully saturated rings. The van der Waals surface area contributed by atoms with Crippen molar-refractivity contribution in [1.29, 1.82) is 0 Å². The summed E-state index contributed by atoms with van der Waals surface area (Å²) in [6, 6.07) is 2.55. The van der Waals surface area contributed by atoms with Crippen LogP contribution in [0.2, 0.25) is 0 Å². The summed E-state index contributed by atoms with van der Waals surface area (Å²) in [6.07, 6.45) is -9.95. The van der Waals surface area contributed by atoms with Crippen molar-refractivity contribution in [2.75, 3.05) is 0 Å². The monoisotopic (exact) mass is 398 g/mol. The van der Waals surface area contributed by atoms with Crippen LogP contribution in [0, 0.1) is 11.8 Å². The van der Waals surface area contributed by atoms with E-state index in [1.54, 1.807) is 13.8 Å². The lowest BCUT2D eigenvalue weighted by Crippen LogP contribution is -2.50. The van der Waals surface area contributed by atoms with E-state index in [9.17, 15) is 35.8 Å². The highest BCUT2D eigenvalue weighted by Gasteiger charge is 2.73. The average Bonchev–Trinajstić information content (AvgIpc) is 2.95. The summed E-state index contributed by atoms with van der Waals surface area (Å²) in [5.41, 5.74) is -6.71. The van der Waals surface area contributed by atoms with Crippen molar-refractivity contribution in [3.8, 4) is 0 Å². The number of hydrogen-bond acceptors (Lipinski definition) is 1. The Hall–Kier alpha value is -1.31. The predicted molar refractivity (Wildman–Crippen MR) is 84.9 cm³/mol. The van der Waals surface area contributed by atoms with Crippen molar-refractivity contribution in [3.63, 3.8) is 0 Å². The molecule has 0 saturated heterocycles. The first-order valence-electron chi connectivity index (χ1n) is 8.86. The highest BCUT2D eigenvalue weighted by atomic mass is 19.4. The number of aliphatic hydroxyl groups is 1. The summed E-state index contributed by atoms with van der Waals surface area (Å²) in [4.78, 5) is 0. The second-order valence-corrected chi connectivity index (χ2v) is 8.21. The third kappa shape index (κ3) is 3.13. The van der Waals surface area contributed by atoms with Crippen molar-refractivity contribution in [3.05, 3.63) is 34.9 Å². The summed E-state index contributed by atoms with van der Waals surface area (Å²) in [6.45, 7) is 3.42. The number of aryl methyl sites for hydroxylation is 1. The molecule has 0 bridgehead atoms. The lowest BCUT2D eigenvalue weighted by Gasteiger charge is -2.37. The Balaban J connectivity index is 2.01. The normalized spacial score (nSPS) is 26.7. The lowest BCUT2D eigenvalue weighted by molar-refractivity contribution is -0.348. The van der Waals surface area contributed by atoms with Crippen LogP contribution in [0.5, 0.6) is 0 Å². The van der Waals surface area contributed by atoms with E-state index in [0.717, 1.165) is 12.5 Å². The van der Waals surface area contributed by atoms with Crippen molar-refractivity contribution < 1.29 is 35.8 Å². The van der Waals surface area contributed by atoms with E-state index in [0.29, 0.717) is 30.0 Å². The molecule has 1 aromatic rings. The van der Waals surface area contributed by atoms with Gasteiger partial charge >= 0.3 is 18.0 Å². The SMILES string of the molecule is CC(C)(O)[C@@H]1CC[C@H]2c3ccc(C(F)(C(F)(F)F)C(F)(F)F)cc3CC[C@@H]12. The Kier molecular flexibility index (Phi) is 4.61. The van der Waals surface area contributed by atoms with Crippen LogP contribution in [0.1, 0.15) is 55.7 Å². The van der Waals surface area contributed by atoms with E-state index in [4.69, 9.17) is 0 Å². The van der Waals surface area contributed by atoms with Gasteiger partial charge in [0.05, 0.1) is 5.60 Å². The number of fused-ring (bicyclic) bond motifs is 3. The Bertz CT molecular complexity index is 700. The highest BCUT2D eigenvalue weighted by Crippen LogP contribution is 2.56. The molecule has 2 aliphatic carbocycles. The minimum Gasteiger partial charge on any atom is -0.390 e. The van der Waals surface area contributed by atoms with Crippen molar-refractivity contribution in [1.82, 2.24) is 0 Å². The number of benzene rings is 1. The van der Waals surface area contributed by atoms with Crippen LogP contribution in [0.25, 0.3) is 0 Å². The molecule has 3 rings (SSSR count). The van der Waals surface area contributed by atoms with Crippen LogP contribution >= 0.6 is 0 Å². The molecule has 0 radical (unpaired) electrons. The minimum absolute atomic E-state index is 0.0148. The molecule has 152 valence electrons. The Morgan fingerprint density at radius 3 is 2.00 bits per heavy atom. The fraction of sp³-hybridized carbons (Fsp3) is 0.684. The molecular formula is C19H21F7O. The number of hydrogen-bond donors (Lipinski definition) is 1. The number of rotatable bonds is 2. The van der Waals surface area contributed by atoms with Gasteiger partial charge < -0.3 is 5.11 Å². The molecule has 0 heterocycles. The van der Waals surface area contributed by atoms with E-state index in [-0.39, 0.29) is 24.2 Å². The van der Waals surface area contributed by atoms with Gasteiger partial charge in [-0.3, -0.25) is 0 Å². The Morgan fingerprint density at radius 2 is 1.48 bits per heavy atom. The van der Waals surface area contributed by atoms with Gasteiger partial charge in [-0.15, -0.1) is 0 Å². The lowest BCUT2D eigenvalue weighted by atomic mass is 9.70. The third-order valence-electron chi connectivity index (χ3n) is 6.20. The van der Waals surface area contributed by atoms with Gasteiger partial charge in [-0.05, 0) is 68.4 Å². The van der Waals surface area contributed by atoms with Crippen LogP contribution < -0.4 is 0 Å². The van der Waals surface area contributed by atoms with E-state index < -0.39 is 29.2 Å². The molecule has 0 spiro atoms. The zero-order chi connectivity index (χ0) is 20.4. The maximum Gasteiger partial charge on any atom is 0.435 e. The topological polar surface area (TPSA) is 20.2 Å². The van der Waals surface area contributed by atoms with Gasteiger partial charge in [-0.1, -0.05) is 18.2 Å². The maximum atomic E-state index is 14.3. The van der Waals surface area contributed by atoms with Gasteiger partial charge in [0.25, 0.3) is 0 Å². The summed E-state index contributed by atoms with van der Waals surface area (Å²) >= 11 is 0. The van der Waals surface area contributed by atoms with Crippen LogP contribution in [-0.2, 0) is 12.1 Å². The van der Waals surface area contributed by atoms with Crippen LogP contribution in [0.15, 0.2) is 18.2 Å². The zero-order valence-corrected chi connectivity index (χ0v) is 14.9. The molecule has 3 atom stereocenters. The van der Waals surface area contributed by atoms with Gasteiger partial charge in [0.15, 0.2) is 0 Å². The molecule has 0 aromatic heterocycles. The largest absolute Gasteiger partial charge is 0.435 e. The van der Waals surface area contributed by atoms with Gasteiger partial charge in [0, 0.05) is 5.56 Å². The molecule has 1 aromatic carbocycles. The molecule has 1 saturated carbocycles. The molecule has 1 N–H and O–H groups in total. The van der Waals surface area contributed by atoms with Crippen LogP contribution in [-0.4, -0.2) is 23.1 Å². The first-order chi connectivity index (χ1) is 12.2. The van der Waals surface area contributed by atoms with Crippen molar-refractivity contribution in [2.24, 2.45) is 11.8 Å². The predicted octanol–water partition coefficient (Wildman–Crippen LogP) is 5.80. The first-order valence-corrected chi connectivity index (χ1v) is 8.86. The second kappa shape index (κ2) is 6.09. The van der Waals surface area contributed by atoms with Crippen LogP contribution in [0.3, 0.4) is 0 Å². The minimum atomic E-state index is -6.10. The van der Waals surface area contributed by atoms with Crippen molar-refractivity contribution in [2.45, 2.75) is 69.1 Å². The highest BCUT2D eigenvalue weighted by molar-refractivity contribution is 5.41. The Morgan fingerprint density at radius 1 is 0.889 bits per heavy atom. The summed E-state index contributed by atoms with van der Waals surface area (Å²) in [5, 5.41) is 10.3. The van der Waals surface area contributed by atoms with E-state index in [1.165, 1.54) is 6.07 Å². The molecule has 0 amide bonds. The Labute approximate surface area is 152 Å². The summed E-state index contributed by atoms with van der Waals surface area (Å²) < 4.78 is 92.3. The zero-order valence-electron chi connectivity index (χ0n) is 14.9. The van der Waals surface area contributed by atoms with Gasteiger partial charge in [0.1, 0.15) is 0 Å². The third-order valence-corrected chi connectivity index (χ3v) is 6.20. The molecule has 2 aliphatic rings. The molecular weight excluding hydrogens is 377 g/mol. The van der Waals surface area contributed by atoms with E-state index in [2.05, 4.69) is 0 Å². The summed E-state index contributed by atoms with van der Waals surface area (Å²) in [5.74, 6) is 0.0923. The number of alkyl halides is 7. The molecule has 8 heteroatoms. The molecule has 27 heavy (non-hydrogen) atoms. The average molecular weight is 398 g/mol. The quantitative estimate of drug-likeness (QED) is 0.624. The van der Waals surface area contributed by atoms with E-state index >= 15 is 0 Å². The standard InChI is InChI=1S/C19H21F7O/c1-16(2,27)15-8-7-13-12-6-4-11(9-10(12)3-5-14(13)15)17(20,18(21,22)23)19(24,25)26/h4,6,9,13-15,27H,3,5,7-8H2,1-2H3/t13-,14+,15+/m0/s1. The number of halogens is 7. The van der Waals surface area contributed by atoms with Crippen molar-refractivity contribution >= 4 is 0 Å². The van der Waals surface area contributed by atoms with Gasteiger partial charge in [-0.25, -0.2) is 4.39 Å². The summed E-state index contributed by atoms with van der Waals surface area (Å²) in [7, 11) is 0. The van der Waals surface area contributed by atoms with Gasteiger partial charge in [0.2, 0.25) is 0 Å². The fourth-order valence-electron chi connectivity index (χ4n) is 4.94. The second-order valence-electron chi connectivity index (χ2n) is 8.21. The first kappa shape index (κ1) is 20.4. The fourth-order valence-corrected chi connectivity index (χ4v) is 4.94. The van der Waals surface area contributed by atoms with Gasteiger partial charge in [-0.2, -0.15) is 26.3 Å². The molecule has 1 nitrogen and oxygen atoms in total.